The van der Waals surface area contributed by atoms with Gasteiger partial charge in [0.15, 0.2) is 0 Å². The second kappa shape index (κ2) is 10.1. The first-order chi connectivity index (χ1) is 15.9. The van der Waals surface area contributed by atoms with Gasteiger partial charge in [-0.1, -0.05) is 56.7 Å². The predicted molar refractivity (Wildman–Crippen MR) is 129 cm³/mol. The summed E-state index contributed by atoms with van der Waals surface area (Å²) < 4.78 is 27.4. The Balaban J connectivity index is 1.52. The van der Waals surface area contributed by atoms with E-state index < -0.39 is 16.1 Å². The number of hydrogen-bond donors (Lipinski definition) is 2. The number of sulfonamides is 1. The molecule has 1 amide bonds. The first kappa shape index (κ1) is 23.4. The highest BCUT2D eigenvalue weighted by molar-refractivity contribution is 7.90. The van der Waals surface area contributed by atoms with E-state index >= 15 is 0 Å². The van der Waals surface area contributed by atoms with Crippen molar-refractivity contribution in [3.63, 3.8) is 0 Å². The van der Waals surface area contributed by atoms with Gasteiger partial charge >= 0.3 is 0 Å². The topological polar surface area (TPSA) is 90.9 Å². The average Bonchev–Trinajstić information content (AvgIpc) is 3.42. The zero-order valence-corrected chi connectivity index (χ0v) is 20.1. The molecule has 0 aromatic heterocycles. The van der Waals surface area contributed by atoms with Crippen LogP contribution in [0.4, 0.5) is 0 Å². The molecule has 0 spiro atoms. The molecule has 2 aliphatic heterocycles. The molecule has 0 unspecified atom stereocenters. The van der Waals surface area contributed by atoms with E-state index in [2.05, 4.69) is 32.1 Å². The summed E-state index contributed by atoms with van der Waals surface area (Å²) >= 11 is 0. The summed E-state index contributed by atoms with van der Waals surface area (Å²) in [7, 11) is -3.65. The molecule has 2 atom stereocenters. The summed E-state index contributed by atoms with van der Waals surface area (Å²) in [5.74, 6) is -0.00787. The van der Waals surface area contributed by atoms with Gasteiger partial charge in [0.2, 0.25) is 5.91 Å². The lowest BCUT2D eigenvalue weighted by molar-refractivity contribution is -0.123. The molecule has 1 fully saturated rings. The van der Waals surface area contributed by atoms with Crippen molar-refractivity contribution in [2.24, 2.45) is 10.9 Å². The van der Waals surface area contributed by atoms with Crippen molar-refractivity contribution in [2.75, 3.05) is 13.1 Å². The number of amidine groups is 1. The van der Waals surface area contributed by atoms with Gasteiger partial charge < -0.3 is 5.32 Å². The molecular weight excluding hydrogens is 436 g/mol. The Morgan fingerprint density at radius 2 is 1.76 bits per heavy atom. The van der Waals surface area contributed by atoms with E-state index in [4.69, 9.17) is 0 Å². The Labute approximate surface area is 196 Å². The van der Waals surface area contributed by atoms with Gasteiger partial charge in [0.25, 0.3) is 10.0 Å². The Hall–Kier alpha value is -2.71. The molecule has 4 rings (SSSR count). The van der Waals surface area contributed by atoms with Crippen LogP contribution >= 0.6 is 0 Å². The zero-order chi connectivity index (χ0) is 23.4. The summed E-state index contributed by atoms with van der Waals surface area (Å²) in [6.07, 6.45) is 3.22. The standard InChI is InChI=1S/C25H32N4O3S/c1-3-18(2)23(27-24-21-12-6-7-13-22(21)33(31,32)28-24)25(30)26-16-19-10-4-5-11-20(19)17-29-14-8-9-15-29/h4-7,10-13,18,23H,3,8-9,14-17H2,1-2H3,(H,26,30)(H,27,28)/t18-,23-/m0/s1. The van der Waals surface area contributed by atoms with Gasteiger partial charge in [0.1, 0.15) is 11.9 Å². The fraction of sp³-hybridized carbons (Fsp3) is 0.440. The first-order valence-electron chi connectivity index (χ1n) is 11.7. The highest BCUT2D eigenvalue weighted by atomic mass is 32.2. The SMILES string of the molecule is CC[C@H](C)[C@H](N=C1NS(=O)(=O)c2ccccc21)C(=O)NCc1ccccc1CN1CCCC1. The van der Waals surface area contributed by atoms with E-state index in [9.17, 15) is 13.2 Å². The number of hydrogen-bond acceptors (Lipinski definition) is 5. The normalized spacial score (nSPS) is 20.2. The third-order valence-electron chi connectivity index (χ3n) is 6.55. The molecule has 2 aliphatic rings. The van der Waals surface area contributed by atoms with Crippen molar-refractivity contribution in [3.05, 3.63) is 65.2 Å². The van der Waals surface area contributed by atoms with E-state index in [1.165, 1.54) is 18.4 Å². The van der Waals surface area contributed by atoms with Crippen LogP contribution < -0.4 is 10.0 Å². The van der Waals surface area contributed by atoms with Crippen molar-refractivity contribution >= 4 is 21.8 Å². The van der Waals surface area contributed by atoms with Crippen molar-refractivity contribution in [1.82, 2.24) is 14.9 Å². The molecule has 1 saturated heterocycles. The van der Waals surface area contributed by atoms with Gasteiger partial charge in [-0.25, -0.2) is 8.42 Å². The quantitative estimate of drug-likeness (QED) is 0.623. The van der Waals surface area contributed by atoms with Gasteiger partial charge in [0, 0.05) is 18.7 Å². The lowest BCUT2D eigenvalue weighted by Gasteiger charge is -2.21. The number of amides is 1. The van der Waals surface area contributed by atoms with Crippen LogP contribution in [0.2, 0.25) is 0 Å². The Morgan fingerprint density at radius 1 is 1.09 bits per heavy atom. The molecule has 0 aliphatic carbocycles. The van der Waals surface area contributed by atoms with Gasteiger partial charge in [-0.3, -0.25) is 19.4 Å². The fourth-order valence-corrected chi connectivity index (χ4v) is 5.63. The minimum absolute atomic E-state index is 0.0467. The lowest BCUT2D eigenvalue weighted by Crippen LogP contribution is -2.39. The highest BCUT2D eigenvalue weighted by Crippen LogP contribution is 2.24. The van der Waals surface area contributed by atoms with E-state index in [-0.39, 0.29) is 22.6 Å². The molecule has 8 heteroatoms. The molecule has 0 bridgehead atoms. The molecule has 2 aromatic carbocycles. The van der Waals surface area contributed by atoms with Crippen LogP contribution in [0.25, 0.3) is 0 Å². The van der Waals surface area contributed by atoms with Crippen LogP contribution in [0.15, 0.2) is 58.4 Å². The van der Waals surface area contributed by atoms with Crippen molar-refractivity contribution in [2.45, 2.75) is 57.1 Å². The lowest BCUT2D eigenvalue weighted by atomic mass is 9.98. The predicted octanol–water partition coefficient (Wildman–Crippen LogP) is 3.05. The second-order valence-corrected chi connectivity index (χ2v) is 10.5. The minimum Gasteiger partial charge on any atom is -0.350 e. The van der Waals surface area contributed by atoms with Crippen molar-refractivity contribution in [3.8, 4) is 0 Å². The Bertz CT molecular complexity index is 1140. The molecule has 2 aromatic rings. The number of aliphatic imine (C=N–C) groups is 1. The smallest absolute Gasteiger partial charge is 0.263 e. The first-order valence-corrected chi connectivity index (χ1v) is 13.1. The zero-order valence-electron chi connectivity index (χ0n) is 19.3. The van der Waals surface area contributed by atoms with E-state index in [0.717, 1.165) is 31.6 Å². The van der Waals surface area contributed by atoms with Gasteiger partial charge in [-0.15, -0.1) is 0 Å². The maximum absolute atomic E-state index is 13.2. The van der Waals surface area contributed by atoms with E-state index in [0.29, 0.717) is 12.1 Å². The molecule has 33 heavy (non-hydrogen) atoms. The van der Waals surface area contributed by atoms with Crippen molar-refractivity contribution in [1.29, 1.82) is 0 Å². The van der Waals surface area contributed by atoms with Crippen LogP contribution in [-0.4, -0.2) is 44.2 Å². The van der Waals surface area contributed by atoms with Gasteiger partial charge in [-0.2, -0.15) is 0 Å². The molecule has 2 heterocycles. The van der Waals surface area contributed by atoms with Crippen molar-refractivity contribution < 1.29 is 13.2 Å². The van der Waals surface area contributed by atoms with Crippen LogP contribution in [0.5, 0.6) is 0 Å². The molecular formula is C25H32N4O3S. The average molecular weight is 469 g/mol. The number of carbonyl (C=O) groups is 1. The van der Waals surface area contributed by atoms with Crippen LogP contribution in [-0.2, 0) is 27.9 Å². The highest BCUT2D eigenvalue weighted by Gasteiger charge is 2.33. The number of rotatable bonds is 8. The molecule has 176 valence electrons. The van der Waals surface area contributed by atoms with Crippen LogP contribution in [0, 0.1) is 5.92 Å². The third kappa shape index (κ3) is 5.28. The number of likely N-dealkylation sites (tertiary alicyclic amines) is 1. The van der Waals surface area contributed by atoms with E-state index in [1.54, 1.807) is 24.3 Å². The number of nitrogens with one attached hydrogen (secondary N) is 2. The number of benzene rings is 2. The summed E-state index contributed by atoms with van der Waals surface area (Å²) in [5, 5.41) is 3.06. The molecule has 0 saturated carbocycles. The minimum atomic E-state index is -3.65. The monoisotopic (exact) mass is 468 g/mol. The Morgan fingerprint density at radius 3 is 2.48 bits per heavy atom. The van der Waals surface area contributed by atoms with Gasteiger partial charge in [0.05, 0.1) is 4.90 Å². The number of carbonyl (C=O) groups excluding carboxylic acids is 1. The molecule has 0 radical (unpaired) electrons. The largest absolute Gasteiger partial charge is 0.350 e. The fourth-order valence-electron chi connectivity index (χ4n) is 4.39. The third-order valence-corrected chi connectivity index (χ3v) is 7.94. The number of fused-ring (bicyclic) bond motifs is 1. The van der Waals surface area contributed by atoms with Gasteiger partial charge in [-0.05, 0) is 55.1 Å². The summed E-state index contributed by atoms with van der Waals surface area (Å²) in [5.41, 5.74) is 2.83. The molecule has 2 N–H and O–H groups in total. The summed E-state index contributed by atoms with van der Waals surface area (Å²) in [4.78, 5) is 20.5. The molecule has 7 nitrogen and oxygen atoms in total. The second-order valence-electron chi connectivity index (χ2n) is 8.88. The maximum atomic E-state index is 13.2. The van der Waals surface area contributed by atoms with Crippen LogP contribution in [0.3, 0.4) is 0 Å². The Kier molecular flexibility index (Phi) is 7.14. The van der Waals surface area contributed by atoms with E-state index in [1.807, 2.05) is 26.0 Å². The number of nitrogens with zero attached hydrogens (tertiary/aromatic N) is 2. The summed E-state index contributed by atoms with van der Waals surface area (Å²) in [6, 6.07) is 14.2. The maximum Gasteiger partial charge on any atom is 0.263 e. The summed E-state index contributed by atoms with van der Waals surface area (Å²) in [6.45, 7) is 7.51. The van der Waals surface area contributed by atoms with Crippen LogP contribution in [0.1, 0.15) is 49.8 Å².